The van der Waals surface area contributed by atoms with Gasteiger partial charge in [-0.1, -0.05) is 41.6 Å². The first-order valence-corrected chi connectivity index (χ1v) is 9.83. The van der Waals surface area contributed by atoms with Crippen molar-refractivity contribution < 1.29 is 5.11 Å². The summed E-state index contributed by atoms with van der Waals surface area (Å²) in [6.45, 7) is 0. The first kappa shape index (κ1) is 17.3. The van der Waals surface area contributed by atoms with Crippen molar-refractivity contribution in [2.45, 2.75) is 35.5 Å². The molecule has 0 radical (unpaired) electrons. The molecule has 0 unspecified atom stereocenters. The molecule has 1 aliphatic carbocycles. The van der Waals surface area contributed by atoms with Gasteiger partial charge in [0, 0.05) is 26.9 Å². The molecular weight excluding hydrogens is 366 g/mol. The van der Waals surface area contributed by atoms with Gasteiger partial charge in [0.25, 0.3) is 5.56 Å². The number of aromatic nitrogens is 1. The van der Waals surface area contributed by atoms with Crippen LogP contribution >= 0.6 is 23.4 Å². The summed E-state index contributed by atoms with van der Waals surface area (Å²) in [7, 11) is 0. The van der Waals surface area contributed by atoms with Gasteiger partial charge in [0.05, 0.1) is 0 Å². The van der Waals surface area contributed by atoms with Crippen LogP contribution < -0.4 is 5.56 Å². The Kier molecular flexibility index (Phi) is 4.79. The highest BCUT2D eigenvalue weighted by atomic mass is 35.5. The van der Waals surface area contributed by atoms with Gasteiger partial charge in [-0.25, -0.2) is 0 Å². The zero-order valence-electron chi connectivity index (χ0n) is 14.1. The number of rotatable bonds is 3. The van der Waals surface area contributed by atoms with Crippen molar-refractivity contribution in [3.8, 4) is 11.4 Å². The maximum atomic E-state index is 13.3. The normalized spacial score (nSPS) is 13.4. The lowest BCUT2D eigenvalue weighted by Crippen LogP contribution is -2.27. The van der Waals surface area contributed by atoms with Gasteiger partial charge < -0.3 is 5.11 Å². The molecular formula is C21H18ClNO2S. The van der Waals surface area contributed by atoms with Crippen LogP contribution in [0.1, 0.15) is 24.1 Å². The lowest BCUT2D eigenvalue weighted by molar-refractivity contribution is 0.441. The fraction of sp³-hybridized carbons (Fsp3) is 0.190. The maximum absolute atomic E-state index is 13.3. The molecule has 2 aromatic carbocycles. The zero-order chi connectivity index (χ0) is 18.1. The van der Waals surface area contributed by atoms with Crippen molar-refractivity contribution in [2.24, 2.45) is 0 Å². The van der Waals surface area contributed by atoms with Crippen LogP contribution in [-0.2, 0) is 12.8 Å². The SMILES string of the molecule is O=c1c(Sc2ccc(Cl)cc2)c(O)c2c(n1-c1ccccc1)CCCC2. The van der Waals surface area contributed by atoms with Crippen LogP contribution in [0, 0.1) is 0 Å². The van der Waals surface area contributed by atoms with E-state index in [1.165, 1.54) is 11.8 Å². The Morgan fingerprint density at radius 3 is 2.38 bits per heavy atom. The maximum Gasteiger partial charge on any atom is 0.273 e. The average molecular weight is 384 g/mol. The van der Waals surface area contributed by atoms with Crippen LogP contribution in [0.2, 0.25) is 5.02 Å². The second-order valence-corrected chi connectivity index (χ2v) is 7.86. The number of hydrogen-bond donors (Lipinski definition) is 1. The topological polar surface area (TPSA) is 42.2 Å². The molecule has 1 aliphatic rings. The minimum Gasteiger partial charge on any atom is -0.506 e. The van der Waals surface area contributed by atoms with E-state index in [9.17, 15) is 9.90 Å². The molecule has 0 bridgehead atoms. The van der Waals surface area contributed by atoms with E-state index in [1.807, 2.05) is 42.5 Å². The third-order valence-electron chi connectivity index (χ3n) is 4.65. The molecule has 4 rings (SSSR count). The number of benzene rings is 2. The highest BCUT2D eigenvalue weighted by Gasteiger charge is 2.24. The highest BCUT2D eigenvalue weighted by molar-refractivity contribution is 7.99. The highest BCUT2D eigenvalue weighted by Crippen LogP contribution is 2.38. The monoisotopic (exact) mass is 383 g/mol. The summed E-state index contributed by atoms with van der Waals surface area (Å²) in [6, 6.07) is 16.9. The second kappa shape index (κ2) is 7.22. The Labute approximate surface area is 161 Å². The first-order valence-electron chi connectivity index (χ1n) is 8.63. The van der Waals surface area contributed by atoms with E-state index in [0.717, 1.165) is 47.5 Å². The van der Waals surface area contributed by atoms with E-state index >= 15 is 0 Å². The summed E-state index contributed by atoms with van der Waals surface area (Å²) < 4.78 is 1.77. The number of para-hydroxylation sites is 1. The third kappa shape index (κ3) is 3.15. The Bertz CT molecular complexity index is 997. The quantitative estimate of drug-likeness (QED) is 0.673. The van der Waals surface area contributed by atoms with Gasteiger partial charge in [-0.05, 0) is 62.1 Å². The van der Waals surface area contributed by atoms with Gasteiger partial charge in [-0.3, -0.25) is 9.36 Å². The number of hydrogen-bond acceptors (Lipinski definition) is 3. The Balaban J connectivity index is 1.91. The summed E-state index contributed by atoms with van der Waals surface area (Å²) >= 11 is 7.24. The summed E-state index contributed by atoms with van der Waals surface area (Å²) in [5.74, 6) is 0.136. The predicted molar refractivity (Wildman–Crippen MR) is 106 cm³/mol. The largest absolute Gasteiger partial charge is 0.506 e. The molecule has 0 aliphatic heterocycles. The zero-order valence-corrected chi connectivity index (χ0v) is 15.7. The number of aromatic hydroxyl groups is 1. The van der Waals surface area contributed by atoms with Gasteiger partial charge in [0.15, 0.2) is 0 Å². The van der Waals surface area contributed by atoms with E-state index in [0.29, 0.717) is 9.92 Å². The van der Waals surface area contributed by atoms with Gasteiger partial charge in [0.1, 0.15) is 10.6 Å². The molecule has 3 aromatic rings. The molecule has 1 heterocycles. The molecule has 1 N–H and O–H groups in total. The van der Waals surface area contributed by atoms with Crippen LogP contribution in [0.15, 0.2) is 69.2 Å². The second-order valence-electron chi connectivity index (χ2n) is 6.34. The van der Waals surface area contributed by atoms with Gasteiger partial charge >= 0.3 is 0 Å². The Hall–Kier alpha value is -2.17. The Morgan fingerprint density at radius 1 is 0.962 bits per heavy atom. The molecule has 0 saturated heterocycles. The van der Waals surface area contributed by atoms with Crippen molar-refractivity contribution in [1.82, 2.24) is 4.57 Å². The molecule has 1 aromatic heterocycles. The number of fused-ring (bicyclic) bond motifs is 1. The van der Waals surface area contributed by atoms with Gasteiger partial charge in [-0.15, -0.1) is 0 Å². The van der Waals surface area contributed by atoms with Gasteiger partial charge in [-0.2, -0.15) is 0 Å². The molecule has 0 atom stereocenters. The summed E-state index contributed by atoms with van der Waals surface area (Å²) in [4.78, 5) is 14.5. The lowest BCUT2D eigenvalue weighted by Gasteiger charge is -2.24. The van der Waals surface area contributed by atoms with E-state index in [-0.39, 0.29) is 11.3 Å². The van der Waals surface area contributed by atoms with Crippen LogP contribution in [0.5, 0.6) is 5.75 Å². The molecule has 0 saturated carbocycles. The smallest absolute Gasteiger partial charge is 0.273 e. The van der Waals surface area contributed by atoms with E-state index < -0.39 is 0 Å². The van der Waals surface area contributed by atoms with Crippen LogP contribution in [0.3, 0.4) is 0 Å². The van der Waals surface area contributed by atoms with Crippen molar-refractivity contribution in [3.63, 3.8) is 0 Å². The standard InChI is InChI=1S/C21H18ClNO2S/c22-14-10-12-16(13-11-14)26-20-19(24)17-8-4-5-9-18(17)23(21(20)25)15-6-2-1-3-7-15/h1-3,6-7,10-13,24H,4-5,8-9H2. The average Bonchev–Trinajstić information content (AvgIpc) is 2.68. The fourth-order valence-electron chi connectivity index (χ4n) is 3.42. The number of nitrogens with zero attached hydrogens (tertiary/aromatic N) is 1. The van der Waals surface area contributed by atoms with Gasteiger partial charge in [0.2, 0.25) is 0 Å². The first-order chi connectivity index (χ1) is 12.6. The summed E-state index contributed by atoms with van der Waals surface area (Å²) in [5, 5.41) is 11.5. The molecule has 0 amide bonds. The molecule has 0 fully saturated rings. The predicted octanol–water partition coefficient (Wildman–Crippen LogP) is 5.23. The summed E-state index contributed by atoms with van der Waals surface area (Å²) in [6.07, 6.45) is 3.66. The van der Waals surface area contributed by atoms with Crippen LogP contribution in [-0.4, -0.2) is 9.67 Å². The Morgan fingerprint density at radius 2 is 1.65 bits per heavy atom. The van der Waals surface area contributed by atoms with Crippen LogP contribution in [0.4, 0.5) is 0 Å². The lowest BCUT2D eigenvalue weighted by atomic mass is 9.94. The van der Waals surface area contributed by atoms with Crippen molar-refractivity contribution in [1.29, 1.82) is 0 Å². The van der Waals surface area contributed by atoms with E-state index in [4.69, 9.17) is 11.6 Å². The molecule has 3 nitrogen and oxygen atoms in total. The minimum atomic E-state index is -0.172. The molecule has 132 valence electrons. The van der Waals surface area contributed by atoms with Crippen LogP contribution in [0.25, 0.3) is 5.69 Å². The summed E-state index contributed by atoms with van der Waals surface area (Å²) in [5.41, 5.74) is 2.50. The third-order valence-corrected chi connectivity index (χ3v) is 5.99. The fourth-order valence-corrected chi connectivity index (χ4v) is 4.45. The molecule has 26 heavy (non-hydrogen) atoms. The van der Waals surface area contributed by atoms with Crippen molar-refractivity contribution in [2.75, 3.05) is 0 Å². The molecule has 0 spiro atoms. The number of pyridine rings is 1. The van der Waals surface area contributed by atoms with Crippen molar-refractivity contribution >= 4 is 23.4 Å². The van der Waals surface area contributed by atoms with E-state index in [2.05, 4.69) is 0 Å². The minimum absolute atomic E-state index is 0.136. The number of halogens is 1. The van der Waals surface area contributed by atoms with E-state index in [1.54, 1.807) is 16.7 Å². The molecule has 5 heteroatoms. The van der Waals surface area contributed by atoms with Crippen molar-refractivity contribution in [3.05, 3.63) is 81.2 Å².